The Morgan fingerprint density at radius 1 is 1.53 bits per heavy atom. The molecule has 9 heteroatoms. The van der Waals surface area contributed by atoms with Crippen molar-refractivity contribution < 1.29 is 13.2 Å². The van der Waals surface area contributed by atoms with Crippen LogP contribution in [0.4, 0.5) is 5.82 Å². The van der Waals surface area contributed by atoms with E-state index < -0.39 is 9.84 Å². The molecule has 0 aliphatic heterocycles. The van der Waals surface area contributed by atoms with E-state index in [0.717, 1.165) is 6.26 Å². The minimum Gasteiger partial charge on any atom is -0.352 e. The molecule has 0 fully saturated rings. The van der Waals surface area contributed by atoms with Gasteiger partial charge in [0.15, 0.2) is 5.82 Å². The van der Waals surface area contributed by atoms with Gasteiger partial charge in [-0.3, -0.25) is 4.79 Å². The van der Waals surface area contributed by atoms with E-state index in [1.54, 1.807) is 6.07 Å². The third kappa shape index (κ3) is 5.53. The molecule has 106 valence electrons. The summed E-state index contributed by atoms with van der Waals surface area (Å²) in [5, 5.41) is 2.61. The molecular formula is C10H15BrN4O3S. The van der Waals surface area contributed by atoms with Crippen LogP contribution >= 0.6 is 15.9 Å². The zero-order valence-corrected chi connectivity index (χ0v) is 12.7. The van der Waals surface area contributed by atoms with Gasteiger partial charge in [-0.1, -0.05) is 0 Å². The van der Waals surface area contributed by atoms with Crippen molar-refractivity contribution in [3.8, 4) is 0 Å². The Bertz CT molecular complexity index is 562. The van der Waals surface area contributed by atoms with Gasteiger partial charge >= 0.3 is 0 Å². The summed E-state index contributed by atoms with van der Waals surface area (Å²) in [6, 6.07) is 1.58. The van der Waals surface area contributed by atoms with Crippen molar-refractivity contribution in [3.05, 3.63) is 22.3 Å². The smallest absolute Gasteiger partial charge is 0.255 e. The molecule has 7 nitrogen and oxygen atoms in total. The van der Waals surface area contributed by atoms with Crippen LogP contribution in [0.5, 0.6) is 0 Å². The van der Waals surface area contributed by atoms with E-state index in [1.165, 1.54) is 6.20 Å². The number of hydrazine groups is 1. The Balaban J connectivity index is 2.61. The Morgan fingerprint density at radius 2 is 2.21 bits per heavy atom. The predicted octanol–water partition coefficient (Wildman–Crippen LogP) is 0.294. The first kappa shape index (κ1) is 15.9. The van der Waals surface area contributed by atoms with Gasteiger partial charge in [0.25, 0.3) is 5.91 Å². The Kier molecular flexibility index (Phi) is 5.70. The quantitative estimate of drug-likeness (QED) is 0.386. The number of carbonyl (C=O) groups excluding carboxylic acids is 1. The van der Waals surface area contributed by atoms with Gasteiger partial charge in [-0.15, -0.1) is 0 Å². The number of carbonyl (C=O) groups is 1. The molecule has 0 aliphatic carbocycles. The van der Waals surface area contributed by atoms with Gasteiger partial charge in [0, 0.05) is 23.5 Å². The topological polar surface area (TPSA) is 114 Å². The number of nitrogen functional groups attached to an aromatic ring is 1. The average Bonchev–Trinajstić information content (AvgIpc) is 2.33. The molecule has 1 aromatic rings. The summed E-state index contributed by atoms with van der Waals surface area (Å²) in [4.78, 5) is 15.8. The number of hydrogen-bond donors (Lipinski definition) is 3. The number of sulfone groups is 1. The lowest BCUT2D eigenvalue weighted by Crippen LogP contribution is -2.27. The van der Waals surface area contributed by atoms with Crippen LogP contribution in [0.25, 0.3) is 0 Å². The van der Waals surface area contributed by atoms with Gasteiger partial charge in [-0.25, -0.2) is 19.2 Å². The van der Waals surface area contributed by atoms with Crippen molar-refractivity contribution in [2.75, 3.05) is 24.0 Å². The monoisotopic (exact) mass is 350 g/mol. The average molecular weight is 351 g/mol. The molecular weight excluding hydrogens is 336 g/mol. The number of rotatable bonds is 6. The molecule has 19 heavy (non-hydrogen) atoms. The van der Waals surface area contributed by atoms with E-state index >= 15 is 0 Å². The molecule has 0 saturated heterocycles. The summed E-state index contributed by atoms with van der Waals surface area (Å²) in [5.74, 6) is 5.19. The third-order valence-corrected chi connectivity index (χ3v) is 3.68. The molecule has 0 bridgehead atoms. The van der Waals surface area contributed by atoms with Crippen molar-refractivity contribution in [1.82, 2.24) is 10.3 Å². The first-order chi connectivity index (χ1) is 8.83. The molecule has 4 N–H and O–H groups in total. The Labute approximate surface area is 120 Å². The fraction of sp³-hybridized carbons (Fsp3) is 0.400. The summed E-state index contributed by atoms with van der Waals surface area (Å²) in [6.45, 7) is 0.266. The summed E-state index contributed by atoms with van der Waals surface area (Å²) in [6.07, 6.45) is 3.02. The standard InChI is InChI=1S/C10H15BrN4O3S/c1-19(17,18)4-2-3-13-10(16)8-5-7(11)6-14-9(8)15-12/h5-6H,2-4,12H2,1H3,(H,13,16)(H,14,15). The van der Waals surface area contributed by atoms with Crippen molar-refractivity contribution in [1.29, 1.82) is 0 Å². The molecule has 1 rings (SSSR count). The highest BCUT2D eigenvalue weighted by Gasteiger charge is 2.12. The molecule has 1 amide bonds. The molecule has 0 atom stereocenters. The predicted molar refractivity (Wildman–Crippen MR) is 76.4 cm³/mol. The number of hydrogen-bond acceptors (Lipinski definition) is 6. The molecule has 0 spiro atoms. The maximum atomic E-state index is 11.9. The second-order valence-corrected chi connectivity index (χ2v) is 7.11. The number of nitrogens with one attached hydrogen (secondary N) is 2. The van der Waals surface area contributed by atoms with Crippen molar-refractivity contribution in [2.45, 2.75) is 6.42 Å². The van der Waals surface area contributed by atoms with Gasteiger partial charge in [0.05, 0.1) is 11.3 Å². The number of nitrogens with zero attached hydrogens (tertiary/aromatic N) is 1. The lowest BCUT2D eigenvalue weighted by molar-refractivity contribution is 0.0954. The van der Waals surface area contributed by atoms with E-state index in [9.17, 15) is 13.2 Å². The van der Waals surface area contributed by atoms with E-state index in [0.29, 0.717) is 10.9 Å². The van der Waals surface area contributed by atoms with Crippen LogP contribution in [0.3, 0.4) is 0 Å². The van der Waals surface area contributed by atoms with Crippen LogP contribution in [0, 0.1) is 0 Å². The molecule has 0 radical (unpaired) electrons. The Morgan fingerprint density at radius 3 is 2.79 bits per heavy atom. The first-order valence-corrected chi connectivity index (χ1v) is 8.27. The fourth-order valence-electron chi connectivity index (χ4n) is 1.36. The molecule has 0 unspecified atom stereocenters. The minimum absolute atomic E-state index is 0.0337. The molecule has 1 heterocycles. The third-order valence-electron chi connectivity index (χ3n) is 2.21. The number of amides is 1. The summed E-state index contributed by atoms with van der Waals surface area (Å²) >= 11 is 3.21. The zero-order chi connectivity index (χ0) is 14.5. The number of pyridine rings is 1. The highest BCUT2D eigenvalue weighted by molar-refractivity contribution is 9.10. The first-order valence-electron chi connectivity index (χ1n) is 5.41. The van der Waals surface area contributed by atoms with E-state index in [2.05, 4.69) is 31.7 Å². The van der Waals surface area contributed by atoms with Gasteiger partial charge in [-0.2, -0.15) is 0 Å². The zero-order valence-electron chi connectivity index (χ0n) is 10.3. The van der Waals surface area contributed by atoms with E-state index in [1.807, 2.05) is 0 Å². The van der Waals surface area contributed by atoms with Gasteiger partial charge < -0.3 is 10.7 Å². The van der Waals surface area contributed by atoms with Crippen LogP contribution in [-0.2, 0) is 9.84 Å². The van der Waals surface area contributed by atoms with Gasteiger partial charge in [0.2, 0.25) is 0 Å². The highest BCUT2D eigenvalue weighted by atomic mass is 79.9. The number of halogens is 1. The molecule has 0 aliphatic rings. The van der Waals surface area contributed by atoms with Crippen LogP contribution in [0.15, 0.2) is 16.7 Å². The second-order valence-electron chi connectivity index (χ2n) is 3.93. The van der Waals surface area contributed by atoms with E-state index in [-0.39, 0.29) is 29.6 Å². The van der Waals surface area contributed by atoms with Crippen LogP contribution in [0.1, 0.15) is 16.8 Å². The van der Waals surface area contributed by atoms with Crippen molar-refractivity contribution in [3.63, 3.8) is 0 Å². The summed E-state index contributed by atoms with van der Waals surface area (Å²) < 4.78 is 22.5. The van der Waals surface area contributed by atoms with Crippen molar-refractivity contribution in [2.24, 2.45) is 5.84 Å². The van der Waals surface area contributed by atoms with Gasteiger partial charge in [0.1, 0.15) is 9.84 Å². The summed E-state index contributed by atoms with van der Waals surface area (Å²) in [5.41, 5.74) is 2.62. The SMILES string of the molecule is CS(=O)(=O)CCCNC(=O)c1cc(Br)cnc1NN. The lowest BCUT2D eigenvalue weighted by Gasteiger charge is -2.09. The van der Waals surface area contributed by atoms with E-state index in [4.69, 9.17) is 5.84 Å². The van der Waals surface area contributed by atoms with Crippen LogP contribution in [0.2, 0.25) is 0 Å². The lowest BCUT2D eigenvalue weighted by atomic mass is 10.2. The molecule has 1 aromatic heterocycles. The number of anilines is 1. The normalized spacial score (nSPS) is 11.1. The van der Waals surface area contributed by atoms with Crippen molar-refractivity contribution >= 4 is 37.5 Å². The number of aromatic nitrogens is 1. The largest absolute Gasteiger partial charge is 0.352 e. The maximum Gasteiger partial charge on any atom is 0.255 e. The highest BCUT2D eigenvalue weighted by Crippen LogP contribution is 2.16. The molecule has 0 saturated carbocycles. The minimum atomic E-state index is -3.01. The van der Waals surface area contributed by atoms with Crippen LogP contribution < -0.4 is 16.6 Å². The fourth-order valence-corrected chi connectivity index (χ4v) is 2.36. The van der Waals surface area contributed by atoms with Crippen LogP contribution in [-0.4, -0.2) is 37.9 Å². The second kappa shape index (κ2) is 6.83. The molecule has 0 aromatic carbocycles. The number of nitrogens with two attached hydrogens (primary N) is 1. The maximum absolute atomic E-state index is 11.9. The van der Waals surface area contributed by atoms with Gasteiger partial charge in [-0.05, 0) is 28.4 Å². The Hall–Kier alpha value is -1.19. The summed E-state index contributed by atoms with van der Waals surface area (Å²) in [7, 11) is -3.01.